The molecule has 3 aromatic rings. The number of nitrogens with two attached hydrogens (primary N) is 1. The number of benzene rings is 1. The molecule has 0 saturated heterocycles. The predicted molar refractivity (Wildman–Crippen MR) is 76.4 cm³/mol. The maximum atomic E-state index is 12.3. The van der Waals surface area contributed by atoms with E-state index in [1.54, 1.807) is 11.5 Å². The van der Waals surface area contributed by atoms with Crippen molar-refractivity contribution < 1.29 is 4.42 Å². The maximum Gasteiger partial charge on any atom is 0.272 e. The van der Waals surface area contributed by atoms with Crippen molar-refractivity contribution in [2.45, 2.75) is 20.0 Å². The third-order valence-corrected chi connectivity index (χ3v) is 3.25. The Balaban J connectivity index is 2.14. The van der Waals surface area contributed by atoms with Gasteiger partial charge in [0.05, 0.1) is 24.1 Å². The normalized spacial score (nSPS) is 11.1. The number of hydrogen-bond donors (Lipinski definition) is 1. The second kappa shape index (κ2) is 4.94. The molecule has 3 rings (SSSR count). The number of para-hydroxylation sites is 2. The van der Waals surface area contributed by atoms with Crippen LogP contribution in [0.3, 0.4) is 0 Å². The summed E-state index contributed by atoms with van der Waals surface area (Å²) in [5.41, 5.74) is 7.51. The minimum absolute atomic E-state index is 0.102. The van der Waals surface area contributed by atoms with Crippen LogP contribution in [0, 0.1) is 6.92 Å². The zero-order valence-electron chi connectivity index (χ0n) is 11.2. The summed E-state index contributed by atoms with van der Waals surface area (Å²) in [5, 5.41) is 0. The smallest absolute Gasteiger partial charge is 0.272 e. The highest BCUT2D eigenvalue weighted by molar-refractivity contribution is 5.74. The van der Waals surface area contributed by atoms with Gasteiger partial charge in [-0.25, -0.2) is 4.98 Å². The molecule has 0 bridgehead atoms. The van der Waals surface area contributed by atoms with E-state index in [0.717, 1.165) is 11.0 Å². The second-order valence-corrected chi connectivity index (χ2v) is 4.65. The van der Waals surface area contributed by atoms with E-state index in [2.05, 4.69) is 4.98 Å². The lowest BCUT2D eigenvalue weighted by atomic mass is 10.2. The Kier molecular flexibility index (Phi) is 3.12. The van der Waals surface area contributed by atoms with Crippen LogP contribution < -0.4 is 11.3 Å². The summed E-state index contributed by atoms with van der Waals surface area (Å²) in [6, 6.07) is 11.3. The molecule has 0 fully saturated rings. The summed E-state index contributed by atoms with van der Waals surface area (Å²) in [6.07, 6.45) is 0. The predicted octanol–water partition coefficient (Wildman–Crippen LogP) is 1.80. The molecule has 0 amide bonds. The van der Waals surface area contributed by atoms with Gasteiger partial charge in [-0.05, 0) is 31.2 Å². The Labute approximate surface area is 115 Å². The lowest BCUT2D eigenvalue weighted by molar-refractivity contribution is 0.455. The molecule has 0 unspecified atom stereocenters. The van der Waals surface area contributed by atoms with Crippen molar-refractivity contribution in [1.82, 2.24) is 9.55 Å². The molecule has 0 saturated carbocycles. The van der Waals surface area contributed by atoms with Crippen molar-refractivity contribution in [3.63, 3.8) is 0 Å². The highest BCUT2D eigenvalue weighted by atomic mass is 16.3. The largest absolute Gasteiger partial charge is 0.463 e. The fourth-order valence-corrected chi connectivity index (χ4v) is 2.25. The van der Waals surface area contributed by atoms with Crippen LogP contribution in [0.25, 0.3) is 11.0 Å². The molecule has 20 heavy (non-hydrogen) atoms. The van der Waals surface area contributed by atoms with Crippen molar-refractivity contribution in [2.24, 2.45) is 5.73 Å². The average molecular weight is 269 g/mol. The highest BCUT2D eigenvalue weighted by Gasteiger charge is 2.10. The molecular weight excluding hydrogens is 254 g/mol. The van der Waals surface area contributed by atoms with Crippen molar-refractivity contribution in [1.29, 1.82) is 0 Å². The molecule has 2 N–H and O–H groups in total. The van der Waals surface area contributed by atoms with E-state index in [1.807, 2.05) is 36.4 Å². The molecule has 2 heterocycles. The molecule has 0 aliphatic rings. The molecule has 1 aromatic carbocycles. The first-order valence-corrected chi connectivity index (χ1v) is 6.43. The van der Waals surface area contributed by atoms with Crippen LogP contribution in [-0.2, 0) is 13.1 Å². The summed E-state index contributed by atoms with van der Waals surface area (Å²) in [5.74, 6) is 1.42. The standard InChI is InChI=1S/C15H15N3O2/c1-10-15(19)18(9-12-7-6-11(8-16)20-12)14-5-3-2-4-13(14)17-10/h2-7H,8-9,16H2,1H3. The molecule has 2 aromatic heterocycles. The number of fused-ring (bicyclic) bond motifs is 1. The van der Waals surface area contributed by atoms with Gasteiger partial charge in [-0.15, -0.1) is 0 Å². The number of nitrogens with zero attached hydrogens (tertiary/aromatic N) is 2. The zero-order valence-corrected chi connectivity index (χ0v) is 11.2. The van der Waals surface area contributed by atoms with Crippen LogP contribution in [-0.4, -0.2) is 9.55 Å². The van der Waals surface area contributed by atoms with Crippen LogP contribution in [0.1, 0.15) is 17.2 Å². The molecule has 0 aliphatic heterocycles. The third-order valence-electron chi connectivity index (χ3n) is 3.25. The number of rotatable bonds is 3. The lowest BCUT2D eigenvalue weighted by Gasteiger charge is -2.09. The van der Waals surface area contributed by atoms with Crippen molar-refractivity contribution in [3.05, 3.63) is 64.0 Å². The van der Waals surface area contributed by atoms with Crippen LogP contribution in [0.2, 0.25) is 0 Å². The second-order valence-electron chi connectivity index (χ2n) is 4.65. The number of aromatic nitrogens is 2. The van der Waals surface area contributed by atoms with Crippen LogP contribution in [0.4, 0.5) is 0 Å². The first-order chi connectivity index (χ1) is 9.69. The van der Waals surface area contributed by atoms with E-state index >= 15 is 0 Å². The van der Waals surface area contributed by atoms with Gasteiger partial charge in [0.2, 0.25) is 0 Å². The summed E-state index contributed by atoms with van der Waals surface area (Å²) in [6.45, 7) is 2.45. The van der Waals surface area contributed by atoms with Gasteiger partial charge < -0.3 is 10.2 Å². The SMILES string of the molecule is Cc1nc2ccccc2n(Cc2ccc(CN)o2)c1=O. The van der Waals surface area contributed by atoms with Crippen LogP contribution >= 0.6 is 0 Å². The van der Waals surface area contributed by atoms with E-state index in [9.17, 15) is 4.79 Å². The Morgan fingerprint density at radius 1 is 1.20 bits per heavy atom. The van der Waals surface area contributed by atoms with Crippen LogP contribution in [0.15, 0.2) is 45.6 Å². The van der Waals surface area contributed by atoms with E-state index < -0.39 is 0 Å². The van der Waals surface area contributed by atoms with Crippen molar-refractivity contribution >= 4 is 11.0 Å². The highest BCUT2D eigenvalue weighted by Crippen LogP contribution is 2.13. The first kappa shape index (κ1) is 12.6. The van der Waals surface area contributed by atoms with Gasteiger partial charge in [0.1, 0.15) is 17.2 Å². The summed E-state index contributed by atoms with van der Waals surface area (Å²) in [4.78, 5) is 16.6. The van der Waals surface area contributed by atoms with Gasteiger partial charge in [-0.3, -0.25) is 9.36 Å². The first-order valence-electron chi connectivity index (χ1n) is 6.43. The lowest BCUT2D eigenvalue weighted by Crippen LogP contribution is -2.24. The zero-order chi connectivity index (χ0) is 14.1. The Hall–Kier alpha value is -2.40. The van der Waals surface area contributed by atoms with Crippen molar-refractivity contribution in [2.75, 3.05) is 0 Å². The van der Waals surface area contributed by atoms with E-state index in [1.165, 1.54) is 0 Å². The van der Waals surface area contributed by atoms with E-state index in [0.29, 0.717) is 30.3 Å². The van der Waals surface area contributed by atoms with Crippen molar-refractivity contribution in [3.8, 4) is 0 Å². The van der Waals surface area contributed by atoms with Gasteiger partial charge in [0, 0.05) is 0 Å². The maximum absolute atomic E-state index is 12.3. The average Bonchev–Trinajstić information content (AvgIpc) is 2.91. The summed E-state index contributed by atoms with van der Waals surface area (Å²) in [7, 11) is 0. The van der Waals surface area contributed by atoms with E-state index in [-0.39, 0.29) is 5.56 Å². The molecule has 5 nitrogen and oxygen atoms in total. The minimum atomic E-state index is -0.102. The quantitative estimate of drug-likeness (QED) is 0.787. The topological polar surface area (TPSA) is 74.1 Å². The van der Waals surface area contributed by atoms with Gasteiger partial charge >= 0.3 is 0 Å². The van der Waals surface area contributed by atoms with Gasteiger partial charge in [-0.2, -0.15) is 0 Å². The Morgan fingerprint density at radius 2 is 1.95 bits per heavy atom. The fraction of sp³-hybridized carbons (Fsp3) is 0.200. The molecule has 0 atom stereocenters. The molecule has 0 radical (unpaired) electrons. The Bertz CT molecular complexity index is 817. The fourth-order valence-electron chi connectivity index (χ4n) is 2.25. The monoisotopic (exact) mass is 269 g/mol. The molecule has 0 aliphatic carbocycles. The molecule has 102 valence electrons. The molecule has 5 heteroatoms. The molecule has 0 spiro atoms. The number of hydrogen-bond acceptors (Lipinski definition) is 4. The Morgan fingerprint density at radius 3 is 2.70 bits per heavy atom. The molecular formula is C15H15N3O2. The number of furan rings is 1. The summed E-state index contributed by atoms with van der Waals surface area (Å²) >= 11 is 0. The van der Waals surface area contributed by atoms with Gasteiger partial charge in [0.15, 0.2) is 0 Å². The third kappa shape index (κ3) is 2.12. The summed E-state index contributed by atoms with van der Waals surface area (Å²) < 4.78 is 7.25. The van der Waals surface area contributed by atoms with Gasteiger partial charge in [0.25, 0.3) is 5.56 Å². The minimum Gasteiger partial charge on any atom is -0.463 e. The van der Waals surface area contributed by atoms with Gasteiger partial charge in [-0.1, -0.05) is 12.1 Å². The van der Waals surface area contributed by atoms with Crippen LogP contribution in [0.5, 0.6) is 0 Å². The van der Waals surface area contributed by atoms with E-state index in [4.69, 9.17) is 10.2 Å². The number of aryl methyl sites for hydroxylation is 1.